The second kappa shape index (κ2) is 10.8. The maximum atomic E-state index is 9.41. The molecule has 0 aromatic carbocycles. The predicted octanol–water partition coefficient (Wildman–Crippen LogP) is 6.28. The van der Waals surface area contributed by atoms with E-state index >= 15 is 0 Å². The van der Waals surface area contributed by atoms with E-state index in [1.54, 1.807) is 0 Å². The number of ether oxygens (including phenoxy) is 1. The molecule has 24 heavy (non-hydrogen) atoms. The van der Waals surface area contributed by atoms with E-state index in [2.05, 4.69) is 33.9 Å². The molecule has 0 fully saturated rings. The fourth-order valence-corrected chi connectivity index (χ4v) is 2.56. The SMILES string of the molecule is C=C(/C=C\C(=C)C(C)CCC(C)C(C)CCC(C)O)OC(C)(C)C. The van der Waals surface area contributed by atoms with Gasteiger partial charge in [-0.2, -0.15) is 0 Å². The Morgan fingerprint density at radius 2 is 1.42 bits per heavy atom. The van der Waals surface area contributed by atoms with Crippen LogP contribution in [0.25, 0.3) is 0 Å². The molecule has 0 spiro atoms. The molecule has 4 atom stereocenters. The van der Waals surface area contributed by atoms with E-state index in [-0.39, 0.29) is 11.7 Å². The Morgan fingerprint density at radius 1 is 0.917 bits per heavy atom. The van der Waals surface area contributed by atoms with E-state index < -0.39 is 0 Å². The van der Waals surface area contributed by atoms with Gasteiger partial charge in [-0.1, -0.05) is 45.6 Å². The Bertz CT molecular complexity index is 412. The first-order valence-corrected chi connectivity index (χ1v) is 9.35. The molecule has 2 nitrogen and oxygen atoms in total. The summed E-state index contributed by atoms with van der Waals surface area (Å²) in [5.41, 5.74) is 0.906. The van der Waals surface area contributed by atoms with Crippen molar-refractivity contribution < 1.29 is 9.84 Å². The zero-order chi connectivity index (χ0) is 18.9. The molecule has 0 bridgehead atoms. The van der Waals surface area contributed by atoms with Crippen LogP contribution in [0.4, 0.5) is 0 Å². The lowest BCUT2D eigenvalue weighted by molar-refractivity contribution is 0.0609. The van der Waals surface area contributed by atoms with Gasteiger partial charge < -0.3 is 9.84 Å². The number of hydrogen-bond donors (Lipinski definition) is 1. The Morgan fingerprint density at radius 3 is 1.88 bits per heavy atom. The molecule has 0 radical (unpaired) electrons. The molecule has 2 heteroatoms. The normalized spacial score (nSPS) is 17.3. The third kappa shape index (κ3) is 11.5. The fraction of sp³-hybridized carbons (Fsp3) is 0.727. The molecule has 0 saturated carbocycles. The van der Waals surface area contributed by atoms with Crippen molar-refractivity contribution in [3.63, 3.8) is 0 Å². The molecule has 1 N–H and O–H groups in total. The van der Waals surface area contributed by atoms with E-state index in [4.69, 9.17) is 4.74 Å². The van der Waals surface area contributed by atoms with Gasteiger partial charge in [0.05, 0.1) is 6.10 Å². The van der Waals surface area contributed by atoms with Crippen LogP contribution in [-0.2, 0) is 4.74 Å². The van der Waals surface area contributed by atoms with Crippen LogP contribution < -0.4 is 0 Å². The minimum atomic E-state index is -0.216. The molecule has 140 valence electrons. The van der Waals surface area contributed by atoms with Gasteiger partial charge in [-0.15, -0.1) is 0 Å². The second-order valence-electron chi connectivity index (χ2n) is 8.45. The van der Waals surface area contributed by atoms with Crippen molar-refractivity contribution in [1.29, 1.82) is 0 Å². The van der Waals surface area contributed by atoms with Gasteiger partial charge in [0.2, 0.25) is 0 Å². The van der Waals surface area contributed by atoms with E-state index in [1.807, 2.05) is 39.8 Å². The molecule has 0 heterocycles. The molecule has 0 rings (SSSR count). The molecule has 0 aliphatic rings. The zero-order valence-electron chi connectivity index (χ0n) is 17.1. The van der Waals surface area contributed by atoms with Crippen molar-refractivity contribution in [3.8, 4) is 0 Å². The summed E-state index contributed by atoms with van der Waals surface area (Å²) >= 11 is 0. The lowest BCUT2D eigenvalue weighted by Crippen LogP contribution is -2.17. The fourth-order valence-electron chi connectivity index (χ4n) is 2.56. The summed E-state index contributed by atoms with van der Waals surface area (Å²) in [5, 5.41) is 9.41. The number of rotatable bonds is 11. The van der Waals surface area contributed by atoms with Crippen molar-refractivity contribution in [2.45, 2.75) is 85.9 Å². The quantitative estimate of drug-likeness (QED) is 0.355. The molecular formula is C22H40O2. The maximum absolute atomic E-state index is 9.41. The van der Waals surface area contributed by atoms with Crippen molar-refractivity contribution in [2.75, 3.05) is 0 Å². The largest absolute Gasteiger partial charge is 0.489 e. The number of hydrogen-bond acceptors (Lipinski definition) is 2. The molecule has 0 aliphatic heterocycles. The first-order valence-electron chi connectivity index (χ1n) is 9.35. The summed E-state index contributed by atoms with van der Waals surface area (Å²) in [7, 11) is 0. The van der Waals surface area contributed by atoms with Crippen LogP contribution >= 0.6 is 0 Å². The van der Waals surface area contributed by atoms with Gasteiger partial charge in [0.25, 0.3) is 0 Å². The average molecular weight is 337 g/mol. The molecule has 0 saturated heterocycles. The summed E-state index contributed by atoms with van der Waals surface area (Å²) in [6.45, 7) is 22.9. The minimum absolute atomic E-state index is 0.188. The number of aliphatic hydroxyl groups excluding tert-OH is 1. The van der Waals surface area contributed by atoms with Gasteiger partial charge in [-0.25, -0.2) is 0 Å². The maximum Gasteiger partial charge on any atom is 0.112 e. The van der Waals surface area contributed by atoms with Crippen LogP contribution in [0.2, 0.25) is 0 Å². The Kier molecular flexibility index (Phi) is 10.3. The van der Waals surface area contributed by atoms with Gasteiger partial charge in [0, 0.05) is 0 Å². The minimum Gasteiger partial charge on any atom is -0.489 e. The van der Waals surface area contributed by atoms with Gasteiger partial charge in [0.1, 0.15) is 11.4 Å². The van der Waals surface area contributed by atoms with E-state index in [1.165, 1.54) is 6.42 Å². The van der Waals surface area contributed by atoms with Crippen molar-refractivity contribution >= 4 is 0 Å². The molecule has 4 unspecified atom stereocenters. The number of allylic oxidation sites excluding steroid dienone is 3. The Labute approximate surface area is 150 Å². The lowest BCUT2D eigenvalue weighted by Gasteiger charge is -2.23. The highest BCUT2D eigenvalue weighted by atomic mass is 16.5. The summed E-state index contributed by atoms with van der Waals surface area (Å²) in [6.07, 6.45) is 8.07. The lowest BCUT2D eigenvalue weighted by atomic mass is 9.84. The molecule has 0 aromatic heterocycles. The van der Waals surface area contributed by atoms with Crippen molar-refractivity contribution in [2.24, 2.45) is 17.8 Å². The number of aliphatic hydroxyl groups is 1. The van der Waals surface area contributed by atoms with Crippen LogP contribution in [0, 0.1) is 17.8 Å². The van der Waals surface area contributed by atoms with Crippen LogP contribution in [0.15, 0.2) is 36.6 Å². The van der Waals surface area contributed by atoms with Crippen LogP contribution in [0.3, 0.4) is 0 Å². The Hall–Kier alpha value is -1.02. The molecular weight excluding hydrogens is 296 g/mol. The van der Waals surface area contributed by atoms with Crippen molar-refractivity contribution in [1.82, 2.24) is 0 Å². The third-order valence-corrected chi connectivity index (χ3v) is 4.62. The van der Waals surface area contributed by atoms with Gasteiger partial charge >= 0.3 is 0 Å². The van der Waals surface area contributed by atoms with E-state index in [0.717, 1.165) is 24.8 Å². The third-order valence-electron chi connectivity index (χ3n) is 4.62. The standard InChI is InChI=1S/C22H40O2/c1-16(18(3)12-14-20(5)23)10-11-17(2)19(4)13-15-21(6)24-22(7,8)9/h13,15-18,20,23H,4,6,10-12,14H2,1-3,5,7-9H3/b15-13-. The zero-order valence-corrected chi connectivity index (χ0v) is 17.1. The van der Waals surface area contributed by atoms with E-state index in [9.17, 15) is 5.11 Å². The van der Waals surface area contributed by atoms with E-state index in [0.29, 0.717) is 23.5 Å². The van der Waals surface area contributed by atoms with Gasteiger partial charge in [0.15, 0.2) is 0 Å². The summed E-state index contributed by atoms with van der Waals surface area (Å²) in [4.78, 5) is 0. The van der Waals surface area contributed by atoms with Crippen LogP contribution in [0.1, 0.15) is 74.1 Å². The second-order valence-corrected chi connectivity index (χ2v) is 8.45. The predicted molar refractivity (Wildman–Crippen MR) is 106 cm³/mol. The smallest absolute Gasteiger partial charge is 0.112 e. The first kappa shape index (κ1) is 23.0. The summed E-state index contributed by atoms with van der Waals surface area (Å²) < 4.78 is 5.70. The highest BCUT2D eigenvalue weighted by Gasteiger charge is 2.15. The van der Waals surface area contributed by atoms with Crippen molar-refractivity contribution in [3.05, 3.63) is 36.6 Å². The molecule has 0 aromatic rings. The summed E-state index contributed by atoms with van der Waals surface area (Å²) in [6, 6.07) is 0. The average Bonchev–Trinajstić information content (AvgIpc) is 2.45. The highest BCUT2D eigenvalue weighted by Crippen LogP contribution is 2.26. The van der Waals surface area contributed by atoms with Gasteiger partial charge in [-0.3, -0.25) is 0 Å². The van der Waals surface area contributed by atoms with Crippen LogP contribution in [0.5, 0.6) is 0 Å². The Balaban J connectivity index is 4.24. The first-order chi connectivity index (χ1) is 10.9. The monoisotopic (exact) mass is 336 g/mol. The summed E-state index contributed by atoms with van der Waals surface area (Å²) in [5.74, 6) is 2.45. The van der Waals surface area contributed by atoms with Gasteiger partial charge in [-0.05, 0) is 77.2 Å². The molecule has 0 aliphatic carbocycles. The highest BCUT2D eigenvalue weighted by molar-refractivity contribution is 5.23. The topological polar surface area (TPSA) is 29.5 Å². The molecule has 0 amide bonds. The van der Waals surface area contributed by atoms with Crippen LogP contribution in [-0.4, -0.2) is 16.8 Å².